The molecule has 0 atom stereocenters. The van der Waals surface area contributed by atoms with Gasteiger partial charge in [-0.05, 0) is 40.3 Å². The fourth-order valence-electron chi connectivity index (χ4n) is 3.88. The first-order valence-corrected chi connectivity index (χ1v) is 11.6. The number of unbranched alkanes of at least 4 members (excludes halogenated alkanes) is 1. The molecule has 0 bridgehead atoms. The topological polar surface area (TPSA) is 85.2 Å². The summed E-state index contributed by atoms with van der Waals surface area (Å²) in [5.41, 5.74) is 3.69. The smallest absolute Gasteiger partial charge is 0.249 e. The number of halogens is 2. The monoisotopic (exact) mass is 465 g/mol. The molecule has 1 N–H and O–H groups in total. The van der Waals surface area contributed by atoms with Crippen molar-refractivity contribution < 1.29 is 8.78 Å². The lowest BCUT2D eigenvalue weighted by Gasteiger charge is -2.11. The molecular weight excluding hydrogens is 436 g/mol. The van der Waals surface area contributed by atoms with Gasteiger partial charge in [-0.25, -0.2) is 9.67 Å². The summed E-state index contributed by atoms with van der Waals surface area (Å²) in [6, 6.07) is 15.9. The number of aromatic amines is 1. The highest BCUT2D eigenvalue weighted by atomic mass is 19.3. The first-order chi connectivity index (χ1) is 16.4. The van der Waals surface area contributed by atoms with Crippen molar-refractivity contribution in [2.24, 2.45) is 5.92 Å². The maximum atomic E-state index is 14.7. The average molecular weight is 466 g/mol. The summed E-state index contributed by atoms with van der Waals surface area (Å²) in [4.78, 5) is 4.31. The number of H-pyrrole nitrogens is 1. The number of alkyl halides is 2. The molecule has 0 fully saturated rings. The second kappa shape index (κ2) is 10.2. The lowest BCUT2D eigenvalue weighted by atomic mass is 9.96. The van der Waals surface area contributed by atoms with Crippen molar-refractivity contribution in [2.45, 2.75) is 58.9 Å². The van der Waals surface area contributed by atoms with Crippen LogP contribution in [0.1, 0.15) is 57.2 Å². The third-order valence-corrected chi connectivity index (χ3v) is 5.58. The fraction of sp³-hybridized carbons (Fsp3) is 0.400. The molecule has 0 unspecified atom stereocenters. The minimum Gasteiger partial charge on any atom is -0.249 e. The number of rotatable bonds is 10. The molecule has 2 aromatic carbocycles. The molecule has 0 aliphatic carbocycles. The third-order valence-electron chi connectivity index (χ3n) is 5.58. The van der Waals surface area contributed by atoms with Gasteiger partial charge in [-0.3, -0.25) is 0 Å². The van der Waals surface area contributed by atoms with Crippen LogP contribution in [0.4, 0.5) is 8.78 Å². The normalized spacial score (nSPS) is 11.9. The lowest BCUT2D eigenvalue weighted by Crippen LogP contribution is -2.16. The van der Waals surface area contributed by atoms with E-state index in [-0.39, 0.29) is 12.3 Å². The summed E-state index contributed by atoms with van der Waals surface area (Å²) in [5, 5.41) is 18.8. The van der Waals surface area contributed by atoms with Crippen molar-refractivity contribution in [1.29, 1.82) is 0 Å². The maximum Gasteiger partial charge on any atom is 0.308 e. The van der Waals surface area contributed by atoms with Gasteiger partial charge in [-0.2, -0.15) is 14.0 Å². The van der Waals surface area contributed by atoms with E-state index in [9.17, 15) is 8.78 Å². The van der Waals surface area contributed by atoms with Gasteiger partial charge in [0.2, 0.25) is 11.6 Å². The Hall–Kier alpha value is -3.49. The Balaban J connectivity index is 1.71. The summed E-state index contributed by atoms with van der Waals surface area (Å²) < 4.78 is 31.1. The largest absolute Gasteiger partial charge is 0.308 e. The van der Waals surface area contributed by atoms with Crippen LogP contribution >= 0.6 is 0 Å². The van der Waals surface area contributed by atoms with Crippen LogP contribution in [0.5, 0.6) is 0 Å². The molecule has 34 heavy (non-hydrogen) atoms. The van der Waals surface area contributed by atoms with E-state index in [1.165, 1.54) is 0 Å². The SMILES string of the molecule is CCCCC(F)(F)c1nc(Cc2ccc(-c3ccccc3)c(-c3nn[nH]n3)c2)n(CC(C)C)n1. The van der Waals surface area contributed by atoms with E-state index in [1.54, 1.807) is 4.68 Å². The van der Waals surface area contributed by atoms with E-state index in [2.05, 4.69) is 30.7 Å². The van der Waals surface area contributed by atoms with Crippen molar-refractivity contribution >= 4 is 0 Å². The van der Waals surface area contributed by atoms with Crippen LogP contribution in [0.25, 0.3) is 22.5 Å². The first kappa shape index (κ1) is 23.7. The molecule has 178 valence electrons. The molecule has 4 aromatic rings. The van der Waals surface area contributed by atoms with Crippen LogP contribution in [0, 0.1) is 5.92 Å². The molecule has 0 amide bonds. The molecule has 2 heterocycles. The van der Waals surface area contributed by atoms with E-state index in [4.69, 9.17) is 0 Å². The molecule has 0 radical (unpaired) electrons. The summed E-state index contributed by atoms with van der Waals surface area (Å²) in [6.07, 6.45) is 1.24. The Labute approximate surface area is 197 Å². The van der Waals surface area contributed by atoms with Gasteiger partial charge in [0.25, 0.3) is 0 Å². The zero-order valence-electron chi connectivity index (χ0n) is 19.7. The van der Waals surface area contributed by atoms with Crippen molar-refractivity contribution in [1.82, 2.24) is 35.4 Å². The predicted molar refractivity (Wildman–Crippen MR) is 126 cm³/mol. The maximum absolute atomic E-state index is 14.7. The Bertz CT molecular complexity index is 1200. The molecule has 7 nitrogen and oxygen atoms in total. The van der Waals surface area contributed by atoms with Crippen LogP contribution in [0.3, 0.4) is 0 Å². The van der Waals surface area contributed by atoms with Crippen molar-refractivity contribution in [3.8, 4) is 22.5 Å². The van der Waals surface area contributed by atoms with Crippen molar-refractivity contribution in [3.05, 3.63) is 65.7 Å². The summed E-state index contributed by atoms with van der Waals surface area (Å²) >= 11 is 0. The minimum atomic E-state index is -3.04. The standard InChI is InChI=1S/C25H29F2N7/c1-4-5-13-25(26,27)24-28-22(34(31-24)16-17(2)3)15-18-11-12-20(19-9-7-6-8-10-19)21(14-18)23-29-32-33-30-23/h6-12,14,17H,4-5,13,15-16H2,1-3H3,(H,29,30,32,33). The van der Waals surface area contributed by atoms with Gasteiger partial charge in [-0.15, -0.1) is 15.3 Å². The zero-order valence-corrected chi connectivity index (χ0v) is 19.7. The number of benzene rings is 2. The summed E-state index contributed by atoms with van der Waals surface area (Å²) in [6.45, 7) is 6.48. The molecule has 9 heteroatoms. The van der Waals surface area contributed by atoms with Gasteiger partial charge in [-0.1, -0.05) is 69.7 Å². The molecule has 0 saturated carbocycles. The predicted octanol–water partition coefficient (Wildman–Crippen LogP) is 5.65. The number of tetrazole rings is 1. The van der Waals surface area contributed by atoms with E-state index >= 15 is 0 Å². The molecule has 0 aliphatic heterocycles. The van der Waals surface area contributed by atoms with Gasteiger partial charge in [0.15, 0.2) is 0 Å². The lowest BCUT2D eigenvalue weighted by molar-refractivity contribution is -0.0246. The second-order valence-electron chi connectivity index (χ2n) is 8.89. The van der Waals surface area contributed by atoms with Crippen LogP contribution in [-0.4, -0.2) is 35.4 Å². The van der Waals surface area contributed by atoms with E-state index in [1.807, 2.05) is 69.3 Å². The highest BCUT2D eigenvalue weighted by molar-refractivity contribution is 5.80. The van der Waals surface area contributed by atoms with E-state index in [0.717, 1.165) is 22.3 Å². The second-order valence-corrected chi connectivity index (χ2v) is 8.89. The molecule has 4 rings (SSSR count). The van der Waals surface area contributed by atoms with Crippen LogP contribution < -0.4 is 0 Å². The zero-order chi connectivity index (χ0) is 24.1. The Morgan fingerprint density at radius 3 is 2.53 bits per heavy atom. The molecule has 0 aliphatic rings. The summed E-state index contributed by atoms with van der Waals surface area (Å²) in [7, 11) is 0. The fourth-order valence-corrected chi connectivity index (χ4v) is 3.88. The van der Waals surface area contributed by atoms with Gasteiger partial charge in [0, 0.05) is 24.9 Å². The highest BCUT2D eigenvalue weighted by Crippen LogP contribution is 2.33. The number of nitrogens with one attached hydrogen (secondary N) is 1. The van der Waals surface area contributed by atoms with Gasteiger partial charge in [0.05, 0.1) is 0 Å². The van der Waals surface area contributed by atoms with Crippen LogP contribution in [0.2, 0.25) is 0 Å². The van der Waals surface area contributed by atoms with E-state index in [0.29, 0.717) is 37.5 Å². The van der Waals surface area contributed by atoms with Crippen LogP contribution in [-0.2, 0) is 18.9 Å². The molecular formula is C25H29F2N7. The number of nitrogens with zero attached hydrogens (tertiary/aromatic N) is 6. The van der Waals surface area contributed by atoms with Crippen molar-refractivity contribution in [3.63, 3.8) is 0 Å². The van der Waals surface area contributed by atoms with Gasteiger partial charge >= 0.3 is 5.92 Å². The van der Waals surface area contributed by atoms with E-state index < -0.39 is 11.7 Å². The first-order valence-electron chi connectivity index (χ1n) is 11.6. The number of hydrogen-bond donors (Lipinski definition) is 1. The molecule has 0 spiro atoms. The Kier molecular flexibility index (Phi) is 7.09. The van der Waals surface area contributed by atoms with Crippen molar-refractivity contribution in [2.75, 3.05) is 0 Å². The molecule has 2 aromatic heterocycles. The Morgan fingerprint density at radius 2 is 1.85 bits per heavy atom. The van der Waals surface area contributed by atoms with Crippen LogP contribution in [0.15, 0.2) is 48.5 Å². The summed E-state index contributed by atoms with van der Waals surface area (Å²) in [5.74, 6) is -2.20. The minimum absolute atomic E-state index is 0.243. The molecule has 0 saturated heterocycles. The van der Waals surface area contributed by atoms with Gasteiger partial charge in [0.1, 0.15) is 5.82 Å². The highest BCUT2D eigenvalue weighted by Gasteiger charge is 2.36. The number of aromatic nitrogens is 7. The third kappa shape index (κ3) is 5.35. The number of hydrogen-bond acceptors (Lipinski definition) is 5. The quantitative estimate of drug-likeness (QED) is 0.327. The average Bonchev–Trinajstić information content (AvgIpc) is 3.49. The van der Waals surface area contributed by atoms with Gasteiger partial charge < -0.3 is 0 Å². The Morgan fingerprint density at radius 1 is 1.06 bits per heavy atom.